The molecule has 0 heterocycles. The molecule has 30 heavy (non-hydrogen) atoms. The van der Waals surface area contributed by atoms with Gasteiger partial charge in [-0.2, -0.15) is 0 Å². The number of hydrazine groups is 1. The van der Waals surface area contributed by atoms with Gasteiger partial charge in [-0.05, 0) is 27.7 Å². The van der Waals surface area contributed by atoms with Gasteiger partial charge in [0.1, 0.15) is 18.2 Å². The van der Waals surface area contributed by atoms with Crippen LogP contribution in [0, 0.1) is 0 Å². The lowest BCUT2D eigenvalue weighted by atomic mass is 10.2. The van der Waals surface area contributed by atoms with E-state index in [0.29, 0.717) is 0 Å². The molecule has 0 aromatic heterocycles. The van der Waals surface area contributed by atoms with Crippen LogP contribution in [0.4, 0.5) is 4.79 Å². The summed E-state index contributed by atoms with van der Waals surface area (Å²) in [5.41, 5.74) is 1.12. The van der Waals surface area contributed by atoms with E-state index in [1.165, 1.54) is 6.92 Å². The van der Waals surface area contributed by atoms with Crippen LogP contribution in [0.15, 0.2) is 0 Å². The van der Waals surface area contributed by atoms with Crippen molar-refractivity contribution in [1.82, 2.24) is 32.0 Å². The maximum atomic E-state index is 11.7. The predicted octanol–water partition coefficient (Wildman–Crippen LogP) is -3.65. The number of rotatable bonds is 10. The third-order valence-corrected chi connectivity index (χ3v) is 3.04. The molecule has 8 N–H and O–H groups in total. The number of nitrogens with two attached hydrogens (primary N) is 1. The molecule has 6 amide bonds. The largest absolute Gasteiger partial charge is 0.444 e. The molecule has 0 radical (unpaired) electrons. The molecular weight excluding hydrogens is 402 g/mol. The summed E-state index contributed by atoms with van der Waals surface area (Å²) in [4.78, 5) is 69.0. The highest BCUT2D eigenvalue weighted by molar-refractivity contribution is 5.92. The predicted molar refractivity (Wildman–Crippen MR) is 103 cm³/mol. The van der Waals surface area contributed by atoms with Crippen molar-refractivity contribution in [3.63, 3.8) is 0 Å². The second-order valence-corrected chi connectivity index (χ2v) is 6.98. The van der Waals surface area contributed by atoms with E-state index in [9.17, 15) is 28.8 Å². The maximum Gasteiger partial charge on any atom is 0.408 e. The Morgan fingerprint density at radius 1 is 0.767 bits per heavy atom. The Labute approximate surface area is 173 Å². The number of ether oxygens (including phenoxy) is 1. The zero-order chi connectivity index (χ0) is 23.3. The van der Waals surface area contributed by atoms with Crippen molar-refractivity contribution < 1.29 is 33.5 Å². The monoisotopic (exact) mass is 431 g/mol. The molecule has 0 bridgehead atoms. The second-order valence-electron chi connectivity index (χ2n) is 6.98. The number of alkyl carbamates (subject to hydrolysis) is 1. The standard InChI is InChI=1S/C16H29N7O7/c1-9(14(28)20-8-13(27)23-17)22-12(26)7-19-10(24)5-18-11(25)6-21-15(29)30-16(2,3)4/h9H,5-8,17H2,1-4H3,(H,18,25)(H,19,24)(H,20,28)(H,21,29)(H,22,26)(H,23,27)/t9-/m0/s1. The minimum absolute atomic E-state index is 0.352. The van der Waals surface area contributed by atoms with Gasteiger partial charge < -0.3 is 31.3 Å². The molecule has 0 saturated heterocycles. The lowest BCUT2D eigenvalue weighted by Gasteiger charge is -2.19. The average Bonchev–Trinajstić information content (AvgIpc) is 2.65. The van der Waals surface area contributed by atoms with Crippen LogP contribution in [0.3, 0.4) is 0 Å². The van der Waals surface area contributed by atoms with Gasteiger partial charge in [0.2, 0.25) is 23.6 Å². The molecule has 0 fully saturated rings. The van der Waals surface area contributed by atoms with Crippen molar-refractivity contribution >= 4 is 35.6 Å². The number of carbonyl (C=O) groups is 6. The molecule has 0 saturated carbocycles. The van der Waals surface area contributed by atoms with E-state index in [0.717, 1.165) is 0 Å². The van der Waals surface area contributed by atoms with Crippen LogP contribution < -0.4 is 37.9 Å². The van der Waals surface area contributed by atoms with E-state index in [2.05, 4.69) is 26.6 Å². The third kappa shape index (κ3) is 13.7. The van der Waals surface area contributed by atoms with E-state index in [4.69, 9.17) is 10.6 Å². The van der Waals surface area contributed by atoms with Crippen LogP contribution in [0.2, 0.25) is 0 Å². The van der Waals surface area contributed by atoms with Gasteiger partial charge in [-0.15, -0.1) is 0 Å². The molecule has 0 spiro atoms. The van der Waals surface area contributed by atoms with E-state index in [1.807, 2.05) is 5.43 Å². The lowest BCUT2D eigenvalue weighted by molar-refractivity contribution is -0.130. The Morgan fingerprint density at radius 3 is 1.73 bits per heavy atom. The first-order valence-corrected chi connectivity index (χ1v) is 8.90. The van der Waals surface area contributed by atoms with Crippen molar-refractivity contribution in [2.45, 2.75) is 39.3 Å². The van der Waals surface area contributed by atoms with Gasteiger partial charge in [-0.3, -0.25) is 29.4 Å². The quantitative estimate of drug-likeness (QED) is 0.104. The van der Waals surface area contributed by atoms with Crippen LogP contribution >= 0.6 is 0 Å². The Kier molecular flexibility index (Phi) is 11.5. The summed E-state index contributed by atoms with van der Waals surface area (Å²) in [6, 6.07) is -0.960. The summed E-state index contributed by atoms with van der Waals surface area (Å²) in [7, 11) is 0. The van der Waals surface area contributed by atoms with Gasteiger partial charge in [0.15, 0.2) is 0 Å². The number of nitrogens with one attached hydrogen (secondary N) is 6. The van der Waals surface area contributed by atoms with E-state index in [-0.39, 0.29) is 6.54 Å². The normalized spacial score (nSPS) is 11.4. The Balaban J connectivity index is 4.05. The van der Waals surface area contributed by atoms with Gasteiger partial charge in [0.05, 0.1) is 19.6 Å². The zero-order valence-electron chi connectivity index (χ0n) is 17.3. The summed E-state index contributed by atoms with van der Waals surface area (Å²) >= 11 is 0. The van der Waals surface area contributed by atoms with Crippen molar-refractivity contribution in [1.29, 1.82) is 0 Å². The summed E-state index contributed by atoms with van der Waals surface area (Å²) in [5.74, 6) is 1.68. The van der Waals surface area contributed by atoms with Crippen molar-refractivity contribution in [2.75, 3.05) is 26.2 Å². The summed E-state index contributed by atoms with van der Waals surface area (Å²) < 4.78 is 4.95. The lowest BCUT2D eigenvalue weighted by Crippen LogP contribution is -2.50. The molecule has 0 aliphatic heterocycles. The van der Waals surface area contributed by atoms with Crippen LogP contribution in [0.5, 0.6) is 0 Å². The molecule has 0 aliphatic rings. The van der Waals surface area contributed by atoms with Crippen molar-refractivity contribution in [3.05, 3.63) is 0 Å². The summed E-state index contributed by atoms with van der Waals surface area (Å²) in [6.07, 6.45) is -0.777. The molecule has 0 unspecified atom stereocenters. The van der Waals surface area contributed by atoms with Crippen molar-refractivity contribution in [3.8, 4) is 0 Å². The maximum absolute atomic E-state index is 11.7. The van der Waals surface area contributed by atoms with Gasteiger partial charge in [0.25, 0.3) is 5.91 Å². The third-order valence-electron chi connectivity index (χ3n) is 3.04. The highest BCUT2D eigenvalue weighted by Crippen LogP contribution is 2.05. The smallest absolute Gasteiger partial charge is 0.408 e. The molecular formula is C16H29N7O7. The Bertz CT molecular complexity index is 661. The van der Waals surface area contributed by atoms with Crippen LogP contribution in [0.1, 0.15) is 27.7 Å². The molecule has 0 aromatic rings. The van der Waals surface area contributed by atoms with Crippen molar-refractivity contribution in [2.24, 2.45) is 5.84 Å². The van der Waals surface area contributed by atoms with Crippen LogP contribution in [-0.4, -0.2) is 73.5 Å². The number of hydrogen-bond donors (Lipinski definition) is 7. The molecule has 0 rings (SSSR count). The fraction of sp³-hybridized carbons (Fsp3) is 0.625. The van der Waals surface area contributed by atoms with E-state index in [1.54, 1.807) is 20.8 Å². The number of hydrogen-bond acceptors (Lipinski definition) is 8. The average molecular weight is 431 g/mol. The Hall–Kier alpha value is -3.42. The van der Waals surface area contributed by atoms with Gasteiger partial charge in [0, 0.05) is 0 Å². The Morgan fingerprint density at radius 2 is 1.23 bits per heavy atom. The fourth-order valence-corrected chi connectivity index (χ4v) is 1.68. The summed E-state index contributed by atoms with van der Waals surface area (Å²) in [5, 5.41) is 11.3. The molecule has 170 valence electrons. The minimum Gasteiger partial charge on any atom is -0.444 e. The fourth-order valence-electron chi connectivity index (χ4n) is 1.68. The SMILES string of the molecule is C[C@H](NC(=O)CNC(=O)CNC(=O)CNC(=O)OC(C)(C)C)C(=O)NCC(=O)NN. The van der Waals surface area contributed by atoms with E-state index < -0.39 is 66.9 Å². The molecule has 0 aromatic carbocycles. The second kappa shape index (κ2) is 12.9. The molecule has 14 heteroatoms. The highest BCUT2D eigenvalue weighted by atomic mass is 16.6. The molecule has 1 atom stereocenters. The summed E-state index contributed by atoms with van der Waals surface area (Å²) in [6.45, 7) is 4.78. The van der Waals surface area contributed by atoms with E-state index >= 15 is 0 Å². The number of amides is 6. The first-order valence-electron chi connectivity index (χ1n) is 8.90. The molecule has 14 nitrogen and oxygen atoms in total. The van der Waals surface area contributed by atoms with Gasteiger partial charge >= 0.3 is 6.09 Å². The minimum atomic E-state index is -0.960. The zero-order valence-corrected chi connectivity index (χ0v) is 17.3. The van der Waals surface area contributed by atoms with Gasteiger partial charge in [-0.25, -0.2) is 10.6 Å². The number of carbonyl (C=O) groups excluding carboxylic acids is 6. The van der Waals surface area contributed by atoms with Gasteiger partial charge in [-0.1, -0.05) is 0 Å². The first kappa shape index (κ1) is 26.6. The van der Waals surface area contributed by atoms with Crippen LogP contribution in [0.25, 0.3) is 0 Å². The molecule has 0 aliphatic carbocycles. The highest BCUT2D eigenvalue weighted by Gasteiger charge is 2.18. The topological polar surface area (TPSA) is 210 Å². The first-order chi connectivity index (χ1) is 13.8. The van der Waals surface area contributed by atoms with Crippen LogP contribution in [-0.2, 0) is 28.7 Å².